The van der Waals surface area contributed by atoms with E-state index >= 15 is 0 Å². The molecule has 0 spiro atoms. The summed E-state index contributed by atoms with van der Waals surface area (Å²) in [5, 5.41) is 2.52. The number of carbonyl (C=O) groups excluding carboxylic acids is 2. The predicted molar refractivity (Wildman–Crippen MR) is 75.5 cm³/mol. The molecule has 0 aromatic carbocycles. The highest BCUT2D eigenvalue weighted by Gasteiger charge is 2.06. The number of nitrogens with one attached hydrogen (secondary N) is 3. The Labute approximate surface area is 117 Å². The fraction of sp³-hybridized carbons (Fsp3) is 0.417. The number of amides is 3. The lowest BCUT2D eigenvalue weighted by Crippen LogP contribution is -2.43. The first-order valence-corrected chi connectivity index (χ1v) is 6.22. The number of urea groups is 1. The average molecular weight is 281 g/mol. The molecule has 1 heterocycles. The summed E-state index contributed by atoms with van der Waals surface area (Å²) < 4.78 is 4.31. The summed E-state index contributed by atoms with van der Waals surface area (Å²) in [6, 6.07) is 2.96. The Balaban J connectivity index is 2.52. The van der Waals surface area contributed by atoms with Gasteiger partial charge in [-0.05, 0) is 26.0 Å². The van der Waals surface area contributed by atoms with E-state index in [1.807, 2.05) is 25.3 Å². The largest absolute Gasteiger partial charge is 0.452 e. The van der Waals surface area contributed by atoms with Gasteiger partial charge < -0.3 is 15.0 Å². The fourth-order valence-electron chi connectivity index (χ4n) is 1.52. The van der Waals surface area contributed by atoms with Gasteiger partial charge in [-0.15, -0.1) is 0 Å². The van der Waals surface area contributed by atoms with Crippen molar-refractivity contribution in [1.82, 2.24) is 15.8 Å². The highest BCUT2D eigenvalue weighted by Crippen LogP contribution is 2.13. The molecule has 20 heavy (non-hydrogen) atoms. The highest BCUT2D eigenvalue weighted by molar-refractivity contribution is 5.90. The van der Waals surface area contributed by atoms with Crippen molar-refractivity contribution in [3.05, 3.63) is 18.3 Å². The zero-order chi connectivity index (χ0) is 15.0. The molecule has 0 atom stereocenters. The molecule has 0 unspecified atom stereocenters. The smallest absolute Gasteiger partial charge is 0.425 e. The Morgan fingerprint density at radius 1 is 1.25 bits per heavy atom. The normalized spacial score (nSPS) is 9.55. The van der Waals surface area contributed by atoms with Gasteiger partial charge >= 0.3 is 12.1 Å². The highest BCUT2D eigenvalue weighted by atomic mass is 16.5. The molecule has 0 saturated heterocycles. The molecular formula is C12H19N5O3. The Morgan fingerprint density at radius 3 is 2.45 bits per heavy atom. The molecule has 0 aliphatic rings. The van der Waals surface area contributed by atoms with Crippen LogP contribution < -0.4 is 21.1 Å². The number of hydrogen-bond donors (Lipinski definition) is 3. The molecule has 1 aromatic heterocycles. The van der Waals surface area contributed by atoms with Crippen LogP contribution in [0.3, 0.4) is 0 Å². The maximum Gasteiger partial charge on any atom is 0.425 e. The van der Waals surface area contributed by atoms with Crippen molar-refractivity contribution in [2.24, 2.45) is 0 Å². The van der Waals surface area contributed by atoms with Crippen LogP contribution in [-0.4, -0.2) is 37.3 Å². The first-order chi connectivity index (χ1) is 9.60. The van der Waals surface area contributed by atoms with Crippen LogP contribution in [0, 0.1) is 0 Å². The van der Waals surface area contributed by atoms with Crippen molar-refractivity contribution in [2.75, 3.05) is 30.4 Å². The predicted octanol–water partition coefficient (Wildman–Crippen LogP) is 1.32. The van der Waals surface area contributed by atoms with Gasteiger partial charge in [0.2, 0.25) is 0 Å². The number of anilines is 2. The lowest BCUT2D eigenvalue weighted by Gasteiger charge is -2.19. The number of ether oxygens (including phenoxy) is 1. The van der Waals surface area contributed by atoms with Gasteiger partial charge in [0.1, 0.15) is 5.82 Å². The third-order valence-corrected chi connectivity index (χ3v) is 2.56. The molecule has 8 heteroatoms. The van der Waals surface area contributed by atoms with E-state index < -0.39 is 12.1 Å². The van der Waals surface area contributed by atoms with Gasteiger partial charge in [-0.3, -0.25) is 0 Å². The second kappa shape index (κ2) is 7.82. The van der Waals surface area contributed by atoms with Crippen LogP contribution >= 0.6 is 0 Å². The minimum atomic E-state index is -0.754. The van der Waals surface area contributed by atoms with E-state index in [0.29, 0.717) is 5.69 Å². The molecule has 0 saturated carbocycles. The quantitative estimate of drug-likeness (QED) is 0.723. The van der Waals surface area contributed by atoms with Crippen LogP contribution in [0.1, 0.15) is 13.8 Å². The number of hydrogen-bond acceptors (Lipinski definition) is 5. The summed E-state index contributed by atoms with van der Waals surface area (Å²) in [7, 11) is 1.20. The van der Waals surface area contributed by atoms with Crippen LogP contribution in [0.15, 0.2) is 18.3 Å². The Bertz CT molecular complexity index is 445. The van der Waals surface area contributed by atoms with Gasteiger partial charge in [0.15, 0.2) is 0 Å². The summed E-state index contributed by atoms with van der Waals surface area (Å²) in [4.78, 5) is 28.5. The van der Waals surface area contributed by atoms with Crippen molar-refractivity contribution < 1.29 is 14.3 Å². The third-order valence-electron chi connectivity index (χ3n) is 2.56. The van der Waals surface area contributed by atoms with Gasteiger partial charge in [-0.2, -0.15) is 0 Å². The number of aromatic nitrogens is 1. The van der Waals surface area contributed by atoms with Gasteiger partial charge in [0.05, 0.1) is 19.0 Å². The van der Waals surface area contributed by atoms with E-state index in [1.165, 1.54) is 7.11 Å². The zero-order valence-electron chi connectivity index (χ0n) is 11.8. The molecule has 0 bridgehead atoms. The fourth-order valence-corrected chi connectivity index (χ4v) is 1.52. The van der Waals surface area contributed by atoms with Crippen molar-refractivity contribution in [2.45, 2.75) is 13.8 Å². The summed E-state index contributed by atoms with van der Waals surface area (Å²) >= 11 is 0. The molecule has 0 aliphatic heterocycles. The van der Waals surface area contributed by atoms with Gasteiger partial charge in [0.25, 0.3) is 0 Å². The van der Waals surface area contributed by atoms with Crippen LogP contribution in [0.4, 0.5) is 21.1 Å². The van der Waals surface area contributed by atoms with Crippen LogP contribution in [0.2, 0.25) is 0 Å². The Kier molecular flexibility index (Phi) is 6.08. The molecule has 3 amide bonds. The van der Waals surface area contributed by atoms with Crippen LogP contribution in [0.5, 0.6) is 0 Å². The van der Waals surface area contributed by atoms with E-state index in [1.54, 1.807) is 12.3 Å². The van der Waals surface area contributed by atoms with E-state index in [4.69, 9.17) is 0 Å². The van der Waals surface area contributed by atoms with Crippen LogP contribution in [0.25, 0.3) is 0 Å². The third kappa shape index (κ3) is 4.63. The number of methoxy groups -OCH3 is 1. The molecule has 1 aromatic rings. The molecule has 0 radical (unpaired) electrons. The number of carbonyl (C=O) groups is 2. The van der Waals surface area contributed by atoms with E-state index in [2.05, 4.69) is 25.4 Å². The first kappa shape index (κ1) is 15.5. The van der Waals surface area contributed by atoms with E-state index in [9.17, 15) is 9.59 Å². The number of rotatable bonds is 4. The standard InChI is InChI=1S/C12H19N5O3/c1-4-17(5-2)10-7-6-9(8-13-10)14-11(18)15-16-12(19)20-3/h6-8H,4-5H2,1-3H3,(H,16,19)(H2,14,15,18). The summed E-state index contributed by atoms with van der Waals surface area (Å²) in [6.45, 7) is 5.81. The molecule has 3 N–H and O–H groups in total. The lowest BCUT2D eigenvalue weighted by molar-refractivity contribution is 0.166. The molecule has 0 fully saturated rings. The van der Waals surface area contributed by atoms with Crippen molar-refractivity contribution in [1.29, 1.82) is 0 Å². The summed E-state index contributed by atoms with van der Waals surface area (Å²) in [5.41, 5.74) is 4.70. The average Bonchev–Trinajstić information content (AvgIpc) is 2.47. The number of nitrogens with zero attached hydrogens (tertiary/aromatic N) is 2. The second-order valence-electron chi connectivity index (χ2n) is 3.77. The minimum Gasteiger partial charge on any atom is -0.452 e. The van der Waals surface area contributed by atoms with Crippen molar-refractivity contribution >= 4 is 23.6 Å². The first-order valence-electron chi connectivity index (χ1n) is 6.22. The monoisotopic (exact) mass is 281 g/mol. The maximum atomic E-state index is 11.4. The molecule has 0 aliphatic carbocycles. The van der Waals surface area contributed by atoms with Crippen LogP contribution in [-0.2, 0) is 4.74 Å². The summed E-state index contributed by atoms with van der Waals surface area (Å²) in [6.07, 6.45) is 0.793. The summed E-state index contributed by atoms with van der Waals surface area (Å²) in [5.74, 6) is 0.841. The second-order valence-corrected chi connectivity index (χ2v) is 3.77. The zero-order valence-corrected chi connectivity index (χ0v) is 11.8. The molecule has 1 rings (SSSR count). The lowest BCUT2D eigenvalue weighted by atomic mass is 10.3. The maximum absolute atomic E-state index is 11.4. The number of hydrazine groups is 1. The topological polar surface area (TPSA) is 95.6 Å². The van der Waals surface area contributed by atoms with Crippen molar-refractivity contribution in [3.8, 4) is 0 Å². The SMILES string of the molecule is CCN(CC)c1ccc(NC(=O)NNC(=O)OC)cn1. The van der Waals surface area contributed by atoms with Gasteiger partial charge in [0, 0.05) is 13.1 Å². The molecule has 8 nitrogen and oxygen atoms in total. The Hall–Kier alpha value is -2.51. The van der Waals surface area contributed by atoms with E-state index in [-0.39, 0.29) is 0 Å². The van der Waals surface area contributed by atoms with Gasteiger partial charge in [-0.1, -0.05) is 0 Å². The Morgan fingerprint density at radius 2 is 1.95 bits per heavy atom. The number of pyridine rings is 1. The minimum absolute atomic E-state index is 0.519. The molecular weight excluding hydrogens is 262 g/mol. The molecule has 110 valence electrons. The van der Waals surface area contributed by atoms with Crippen molar-refractivity contribution in [3.63, 3.8) is 0 Å². The van der Waals surface area contributed by atoms with E-state index in [0.717, 1.165) is 18.9 Å². The van der Waals surface area contributed by atoms with Gasteiger partial charge in [-0.25, -0.2) is 25.4 Å².